The Morgan fingerprint density at radius 1 is 1.42 bits per heavy atom. The van der Waals surface area contributed by atoms with Gasteiger partial charge in [-0.15, -0.1) is 10.2 Å². The van der Waals surface area contributed by atoms with Crippen molar-refractivity contribution < 1.29 is 9.53 Å². The van der Waals surface area contributed by atoms with Gasteiger partial charge in [-0.3, -0.25) is 10.1 Å². The second-order valence-corrected chi connectivity index (χ2v) is 8.28. The zero-order valence-electron chi connectivity index (χ0n) is 15.0. The summed E-state index contributed by atoms with van der Waals surface area (Å²) >= 11 is 1.45. The standard InChI is InChI=1S/C19H24N4O2S/c1-25-15-7-4-5-13(9-15)10-16-22-23-18(26-16)21-17(24)19-8-3-2-6-14(19)11-20-12-19/h4-5,7,9,14,20H,2-3,6,8,10-12H2,1H3,(H,21,23,24)/t14-,19+/m0/s1. The second kappa shape index (κ2) is 7.32. The van der Waals surface area contributed by atoms with Gasteiger partial charge < -0.3 is 10.1 Å². The van der Waals surface area contributed by atoms with E-state index in [4.69, 9.17) is 4.74 Å². The molecular weight excluding hydrogens is 348 g/mol. The van der Waals surface area contributed by atoms with E-state index in [1.807, 2.05) is 24.3 Å². The molecule has 2 aliphatic rings. The summed E-state index contributed by atoms with van der Waals surface area (Å²) < 4.78 is 5.26. The maximum Gasteiger partial charge on any atom is 0.234 e. The van der Waals surface area contributed by atoms with Crippen LogP contribution in [0.25, 0.3) is 0 Å². The van der Waals surface area contributed by atoms with Crippen molar-refractivity contribution in [3.8, 4) is 5.75 Å². The number of carbonyl (C=O) groups excluding carboxylic acids is 1. The van der Waals surface area contributed by atoms with Crippen molar-refractivity contribution in [1.82, 2.24) is 15.5 Å². The molecule has 1 aromatic heterocycles. The predicted molar refractivity (Wildman–Crippen MR) is 102 cm³/mol. The highest BCUT2D eigenvalue weighted by Gasteiger charge is 2.50. The van der Waals surface area contributed by atoms with Gasteiger partial charge in [-0.1, -0.05) is 36.3 Å². The van der Waals surface area contributed by atoms with Crippen molar-refractivity contribution in [2.45, 2.75) is 32.1 Å². The van der Waals surface area contributed by atoms with Crippen LogP contribution in [-0.2, 0) is 11.2 Å². The SMILES string of the molecule is COc1cccc(Cc2nnc(NC(=O)[C@@]34CCCC[C@H]3CNC4)s2)c1. The Bertz CT molecular complexity index is 793. The average Bonchev–Trinajstić information content (AvgIpc) is 3.29. The normalized spacial score (nSPS) is 24.9. The highest BCUT2D eigenvalue weighted by molar-refractivity contribution is 7.15. The van der Waals surface area contributed by atoms with E-state index >= 15 is 0 Å². The highest BCUT2D eigenvalue weighted by Crippen LogP contribution is 2.44. The smallest absolute Gasteiger partial charge is 0.234 e. The summed E-state index contributed by atoms with van der Waals surface area (Å²) in [5, 5.41) is 16.4. The molecule has 1 aromatic carbocycles. The molecule has 1 saturated carbocycles. The van der Waals surface area contributed by atoms with Gasteiger partial charge in [0.05, 0.1) is 12.5 Å². The molecule has 0 bridgehead atoms. The van der Waals surface area contributed by atoms with Gasteiger partial charge >= 0.3 is 0 Å². The molecule has 2 atom stereocenters. The molecule has 1 saturated heterocycles. The van der Waals surface area contributed by atoms with Crippen LogP contribution in [0.5, 0.6) is 5.75 Å². The summed E-state index contributed by atoms with van der Waals surface area (Å²) in [5.74, 6) is 1.38. The molecular formula is C19H24N4O2S. The second-order valence-electron chi connectivity index (χ2n) is 7.21. The number of hydrogen-bond acceptors (Lipinski definition) is 6. The molecule has 26 heavy (non-hydrogen) atoms. The average molecular weight is 372 g/mol. The van der Waals surface area contributed by atoms with Crippen LogP contribution in [-0.4, -0.2) is 36.3 Å². The molecule has 0 spiro atoms. The van der Waals surface area contributed by atoms with E-state index in [0.717, 1.165) is 48.7 Å². The number of methoxy groups -OCH3 is 1. The van der Waals surface area contributed by atoms with Crippen LogP contribution in [0, 0.1) is 11.3 Å². The Kier molecular flexibility index (Phi) is 4.91. The third-order valence-electron chi connectivity index (χ3n) is 5.67. The minimum Gasteiger partial charge on any atom is -0.497 e. The molecule has 1 amide bonds. The first-order chi connectivity index (χ1) is 12.7. The van der Waals surface area contributed by atoms with Crippen molar-refractivity contribution in [1.29, 1.82) is 0 Å². The topological polar surface area (TPSA) is 76.1 Å². The molecule has 1 aliphatic carbocycles. The number of hydrogen-bond donors (Lipinski definition) is 2. The molecule has 0 radical (unpaired) electrons. The van der Waals surface area contributed by atoms with Crippen LogP contribution in [0.3, 0.4) is 0 Å². The lowest BCUT2D eigenvalue weighted by Crippen LogP contribution is -2.44. The lowest BCUT2D eigenvalue weighted by Gasteiger charge is -2.36. The van der Waals surface area contributed by atoms with Crippen molar-refractivity contribution >= 4 is 22.4 Å². The maximum absolute atomic E-state index is 13.0. The molecule has 2 N–H and O–H groups in total. The summed E-state index contributed by atoms with van der Waals surface area (Å²) in [6.07, 6.45) is 5.14. The first kappa shape index (κ1) is 17.4. The number of aromatic nitrogens is 2. The van der Waals surface area contributed by atoms with Crippen molar-refractivity contribution in [3.63, 3.8) is 0 Å². The summed E-state index contributed by atoms with van der Waals surface area (Å²) in [5.41, 5.74) is 0.848. The largest absolute Gasteiger partial charge is 0.497 e. The molecule has 0 unspecified atom stereocenters. The van der Waals surface area contributed by atoms with E-state index in [2.05, 4.69) is 20.8 Å². The number of carbonyl (C=O) groups is 1. The van der Waals surface area contributed by atoms with Crippen LogP contribution >= 0.6 is 11.3 Å². The Balaban J connectivity index is 1.44. The fraction of sp³-hybridized carbons (Fsp3) is 0.526. The zero-order valence-corrected chi connectivity index (χ0v) is 15.8. The summed E-state index contributed by atoms with van der Waals surface area (Å²) in [6.45, 7) is 1.73. The number of ether oxygens (including phenoxy) is 1. The number of anilines is 1. The van der Waals surface area contributed by atoms with E-state index in [-0.39, 0.29) is 11.3 Å². The lowest BCUT2D eigenvalue weighted by molar-refractivity contribution is -0.128. The fourth-order valence-electron chi connectivity index (χ4n) is 4.24. The van der Waals surface area contributed by atoms with Crippen LogP contribution in [0.4, 0.5) is 5.13 Å². The minimum absolute atomic E-state index is 0.108. The summed E-state index contributed by atoms with van der Waals surface area (Å²) in [7, 11) is 1.66. The highest BCUT2D eigenvalue weighted by atomic mass is 32.1. The first-order valence-electron chi connectivity index (χ1n) is 9.17. The van der Waals surface area contributed by atoms with E-state index in [9.17, 15) is 4.79 Å². The lowest BCUT2D eigenvalue weighted by atomic mass is 9.68. The Morgan fingerprint density at radius 3 is 3.23 bits per heavy atom. The zero-order chi connectivity index (χ0) is 18.0. The number of fused-ring (bicyclic) bond motifs is 1. The number of nitrogens with one attached hydrogen (secondary N) is 2. The third-order valence-corrected chi connectivity index (χ3v) is 6.51. The van der Waals surface area contributed by atoms with Crippen LogP contribution in [0.1, 0.15) is 36.3 Å². The molecule has 2 heterocycles. The van der Waals surface area contributed by atoms with Crippen molar-refractivity contribution in [2.24, 2.45) is 11.3 Å². The molecule has 4 rings (SSSR count). The molecule has 7 heteroatoms. The number of rotatable bonds is 5. The van der Waals surface area contributed by atoms with Crippen molar-refractivity contribution in [2.75, 3.05) is 25.5 Å². The van der Waals surface area contributed by atoms with Crippen molar-refractivity contribution in [3.05, 3.63) is 34.8 Å². The van der Waals surface area contributed by atoms with Crippen LogP contribution < -0.4 is 15.4 Å². The summed E-state index contributed by atoms with van der Waals surface area (Å²) in [6, 6.07) is 7.92. The third kappa shape index (κ3) is 3.33. The number of nitrogens with zero attached hydrogens (tertiary/aromatic N) is 2. The van der Waals surface area contributed by atoms with Crippen LogP contribution in [0.2, 0.25) is 0 Å². The van der Waals surface area contributed by atoms with E-state index in [1.54, 1.807) is 7.11 Å². The predicted octanol–water partition coefficient (Wildman–Crippen LogP) is 2.86. The molecule has 2 fully saturated rings. The molecule has 6 nitrogen and oxygen atoms in total. The number of amides is 1. The van der Waals surface area contributed by atoms with E-state index < -0.39 is 0 Å². The quantitative estimate of drug-likeness (QED) is 0.844. The van der Waals surface area contributed by atoms with Gasteiger partial charge in [0.15, 0.2) is 0 Å². The molecule has 2 aromatic rings. The van der Waals surface area contributed by atoms with Crippen LogP contribution in [0.15, 0.2) is 24.3 Å². The van der Waals surface area contributed by atoms with E-state index in [0.29, 0.717) is 17.5 Å². The van der Waals surface area contributed by atoms with Gasteiger partial charge in [0.1, 0.15) is 10.8 Å². The molecule has 138 valence electrons. The van der Waals surface area contributed by atoms with Gasteiger partial charge in [-0.2, -0.15) is 0 Å². The monoisotopic (exact) mass is 372 g/mol. The Morgan fingerprint density at radius 2 is 2.35 bits per heavy atom. The Hall–Kier alpha value is -1.99. The fourth-order valence-corrected chi connectivity index (χ4v) is 5.01. The maximum atomic E-state index is 13.0. The number of benzene rings is 1. The minimum atomic E-state index is -0.267. The molecule has 1 aliphatic heterocycles. The van der Waals surface area contributed by atoms with Gasteiger partial charge in [0.2, 0.25) is 11.0 Å². The van der Waals surface area contributed by atoms with Gasteiger partial charge in [-0.25, -0.2) is 0 Å². The van der Waals surface area contributed by atoms with Gasteiger partial charge in [-0.05, 0) is 43.0 Å². The first-order valence-corrected chi connectivity index (χ1v) is 9.99. The van der Waals surface area contributed by atoms with E-state index in [1.165, 1.54) is 17.8 Å². The summed E-state index contributed by atoms with van der Waals surface area (Å²) in [4.78, 5) is 13.0. The van der Waals surface area contributed by atoms with Gasteiger partial charge in [0.25, 0.3) is 0 Å². The Labute approximate surface area is 157 Å². The van der Waals surface area contributed by atoms with Gasteiger partial charge in [0, 0.05) is 13.0 Å².